The fraction of sp³-hybridized carbons (Fsp3) is 0.143. The van der Waals surface area contributed by atoms with E-state index >= 15 is 0 Å². The minimum absolute atomic E-state index is 0.00357. The van der Waals surface area contributed by atoms with Crippen molar-refractivity contribution < 1.29 is 9.18 Å². The van der Waals surface area contributed by atoms with Gasteiger partial charge < -0.3 is 0 Å². The standard InChI is InChI=1S/C14H12FNO/c1-2-14(17)12-6-5-11(15)8-13(12)10-4-3-7-16-9-10/h3-9H,2H2,1H3. The molecule has 3 heteroatoms. The Hall–Kier alpha value is -2.03. The van der Waals surface area contributed by atoms with Crippen molar-refractivity contribution in [2.45, 2.75) is 13.3 Å². The summed E-state index contributed by atoms with van der Waals surface area (Å²) in [6.45, 7) is 1.79. The Balaban J connectivity index is 2.59. The molecule has 0 aliphatic heterocycles. The molecule has 86 valence electrons. The van der Waals surface area contributed by atoms with Gasteiger partial charge in [0, 0.05) is 29.9 Å². The maximum Gasteiger partial charge on any atom is 0.163 e. The molecule has 1 aromatic heterocycles. The number of pyridine rings is 1. The van der Waals surface area contributed by atoms with E-state index in [1.165, 1.54) is 18.2 Å². The second kappa shape index (κ2) is 4.87. The molecule has 17 heavy (non-hydrogen) atoms. The molecule has 1 heterocycles. The van der Waals surface area contributed by atoms with Crippen LogP contribution in [0.3, 0.4) is 0 Å². The summed E-state index contributed by atoms with van der Waals surface area (Å²) in [5.74, 6) is -0.347. The summed E-state index contributed by atoms with van der Waals surface area (Å²) < 4.78 is 13.3. The van der Waals surface area contributed by atoms with Gasteiger partial charge in [-0.15, -0.1) is 0 Å². The van der Waals surface area contributed by atoms with E-state index in [0.29, 0.717) is 17.5 Å². The molecule has 0 aliphatic rings. The van der Waals surface area contributed by atoms with Crippen molar-refractivity contribution in [1.29, 1.82) is 0 Å². The first-order valence-electron chi connectivity index (χ1n) is 5.45. The second-order valence-electron chi connectivity index (χ2n) is 3.71. The molecular formula is C14H12FNO. The number of hydrogen-bond donors (Lipinski definition) is 0. The molecule has 1 aromatic carbocycles. The number of carbonyl (C=O) groups excluding carboxylic acids is 1. The minimum atomic E-state index is -0.350. The van der Waals surface area contributed by atoms with Crippen LogP contribution >= 0.6 is 0 Å². The van der Waals surface area contributed by atoms with Gasteiger partial charge in [0.1, 0.15) is 5.82 Å². The van der Waals surface area contributed by atoms with Crippen molar-refractivity contribution in [1.82, 2.24) is 4.98 Å². The van der Waals surface area contributed by atoms with Crippen LogP contribution in [0.2, 0.25) is 0 Å². The van der Waals surface area contributed by atoms with Crippen LogP contribution in [0.15, 0.2) is 42.7 Å². The summed E-state index contributed by atoms with van der Waals surface area (Å²) in [5.41, 5.74) is 1.90. The highest BCUT2D eigenvalue weighted by molar-refractivity contribution is 6.02. The lowest BCUT2D eigenvalue weighted by atomic mass is 9.97. The van der Waals surface area contributed by atoms with Crippen molar-refractivity contribution in [3.8, 4) is 11.1 Å². The molecule has 0 saturated heterocycles. The number of Topliss-reactive ketones (excluding diaryl/α,β-unsaturated/α-hetero) is 1. The van der Waals surface area contributed by atoms with Gasteiger partial charge in [0.25, 0.3) is 0 Å². The van der Waals surface area contributed by atoms with Crippen LogP contribution < -0.4 is 0 Å². The van der Waals surface area contributed by atoms with Crippen LogP contribution in [0.4, 0.5) is 4.39 Å². The summed E-state index contributed by atoms with van der Waals surface area (Å²) in [6, 6.07) is 7.79. The summed E-state index contributed by atoms with van der Waals surface area (Å²) in [6.07, 6.45) is 3.67. The lowest BCUT2D eigenvalue weighted by molar-refractivity contribution is 0.0989. The predicted molar refractivity (Wildman–Crippen MR) is 64.3 cm³/mol. The van der Waals surface area contributed by atoms with Crippen molar-refractivity contribution in [3.05, 3.63) is 54.1 Å². The summed E-state index contributed by atoms with van der Waals surface area (Å²) in [5, 5.41) is 0. The minimum Gasteiger partial charge on any atom is -0.294 e. The van der Waals surface area contributed by atoms with Crippen molar-refractivity contribution >= 4 is 5.78 Å². The maximum atomic E-state index is 13.3. The first kappa shape index (κ1) is 11.5. The topological polar surface area (TPSA) is 30.0 Å². The zero-order valence-electron chi connectivity index (χ0n) is 9.48. The zero-order chi connectivity index (χ0) is 12.3. The first-order valence-corrected chi connectivity index (χ1v) is 5.45. The lowest BCUT2D eigenvalue weighted by Crippen LogP contribution is -2.00. The molecule has 2 aromatic rings. The van der Waals surface area contributed by atoms with Gasteiger partial charge in [-0.25, -0.2) is 4.39 Å². The Kier molecular flexibility index (Phi) is 3.28. The van der Waals surface area contributed by atoms with Crippen LogP contribution in [-0.4, -0.2) is 10.8 Å². The molecule has 0 N–H and O–H groups in total. The van der Waals surface area contributed by atoms with Gasteiger partial charge >= 0.3 is 0 Å². The van der Waals surface area contributed by atoms with Crippen LogP contribution in [-0.2, 0) is 0 Å². The normalized spacial score (nSPS) is 10.2. The van der Waals surface area contributed by atoms with Crippen LogP contribution in [0.5, 0.6) is 0 Å². The molecule has 0 bridgehead atoms. The number of aromatic nitrogens is 1. The van der Waals surface area contributed by atoms with Crippen LogP contribution in [0.1, 0.15) is 23.7 Å². The summed E-state index contributed by atoms with van der Waals surface area (Å²) in [7, 11) is 0. The Bertz CT molecular complexity index is 537. The number of carbonyl (C=O) groups is 1. The number of halogens is 1. The van der Waals surface area contributed by atoms with Gasteiger partial charge in [0.2, 0.25) is 0 Å². The second-order valence-corrected chi connectivity index (χ2v) is 3.71. The molecule has 0 atom stereocenters. The van der Waals surface area contributed by atoms with Gasteiger partial charge in [-0.2, -0.15) is 0 Å². The Labute approximate surface area is 99.1 Å². The predicted octanol–water partition coefficient (Wildman–Crippen LogP) is 3.48. The Morgan fingerprint density at radius 3 is 2.82 bits per heavy atom. The monoisotopic (exact) mass is 229 g/mol. The molecular weight excluding hydrogens is 217 g/mol. The van der Waals surface area contributed by atoms with E-state index in [4.69, 9.17) is 0 Å². The molecule has 2 nitrogen and oxygen atoms in total. The number of ketones is 1. The van der Waals surface area contributed by atoms with Gasteiger partial charge in [0.05, 0.1) is 0 Å². The Morgan fingerprint density at radius 1 is 1.35 bits per heavy atom. The first-order chi connectivity index (χ1) is 8.22. The summed E-state index contributed by atoms with van der Waals surface area (Å²) >= 11 is 0. The van der Waals surface area contributed by atoms with E-state index in [9.17, 15) is 9.18 Å². The average molecular weight is 229 g/mol. The molecule has 0 unspecified atom stereocenters. The van der Waals surface area contributed by atoms with Crippen molar-refractivity contribution in [2.24, 2.45) is 0 Å². The van der Waals surface area contributed by atoms with Crippen molar-refractivity contribution in [2.75, 3.05) is 0 Å². The third kappa shape index (κ3) is 2.38. The van der Waals surface area contributed by atoms with Gasteiger partial charge in [-0.1, -0.05) is 13.0 Å². The van der Waals surface area contributed by atoms with E-state index < -0.39 is 0 Å². The molecule has 0 amide bonds. The van der Waals surface area contributed by atoms with Crippen LogP contribution in [0.25, 0.3) is 11.1 Å². The van der Waals surface area contributed by atoms with Crippen LogP contribution in [0, 0.1) is 5.82 Å². The van der Waals surface area contributed by atoms with E-state index in [1.54, 1.807) is 25.4 Å². The highest BCUT2D eigenvalue weighted by atomic mass is 19.1. The zero-order valence-corrected chi connectivity index (χ0v) is 9.48. The largest absolute Gasteiger partial charge is 0.294 e. The molecule has 2 rings (SSSR count). The number of nitrogens with zero attached hydrogens (tertiary/aromatic N) is 1. The quantitative estimate of drug-likeness (QED) is 0.754. The summed E-state index contributed by atoms with van der Waals surface area (Å²) in [4.78, 5) is 15.8. The smallest absolute Gasteiger partial charge is 0.163 e. The van der Waals surface area contributed by atoms with Crippen molar-refractivity contribution in [3.63, 3.8) is 0 Å². The third-order valence-corrected chi connectivity index (χ3v) is 2.58. The fourth-order valence-corrected chi connectivity index (χ4v) is 1.71. The number of benzene rings is 1. The fourth-order valence-electron chi connectivity index (χ4n) is 1.71. The van der Waals surface area contributed by atoms with E-state index in [2.05, 4.69) is 4.98 Å². The van der Waals surface area contributed by atoms with Gasteiger partial charge in [0.15, 0.2) is 5.78 Å². The number of rotatable bonds is 3. The average Bonchev–Trinajstić information content (AvgIpc) is 2.39. The molecule has 0 aliphatic carbocycles. The Morgan fingerprint density at radius 2 is 2.18 bits per heavy atom. The van der Waals surface area contributed by atoms with E-state index in [-0.39, 0.29) is 11.6 Å². The highest BCUT2D eigenvalue weighted by Gasteiger charge is 2.12. The molecule has 0 fully saturated rings. The van der Waals surface area contributed by atoms with Gasteiger partial charge in [-0.05, 0) is 29.8 Å². The van der Waals surface area contributed by atoms with E-state index in [1.807, 2.05) is 6.07 Å². The van der Waals surface area contributed by atoms with Gasteiger partial charge in [-0.3, -0.25) is 9.78 Å². The number of hydrogen-bond acceptors (Lipinski definition) is 2. The SMILES string of the molecule is CCC(=O)c1ccc(F)cc1-c1cccnc1. The molecule has 0 saturated carbocycles. The van der Waals surface area contributed by atoms with E-state index in [0.717, 1.165) is 5.56 Å². The maximum absolute atomic E-state index is 13.3. The lowest BCUT2D eigenvalue weighted by Gasteiger charge is -2.07. The molecule has 0 spiro atoms. The molecule has 0 radical (unpaired) electrons. The third-order valence-electron chi connectivity index (χ3n) is 2.58. The highest BCUT2D eigenvalue weighted by Crippen LogP contribution is 2.25.